The van der Waals surface area contributed by atoms with Gasteiger partial charge < -0.3 is 4.57 Å². The highest BCUT2D eigenvalue weighted by Gasteiger charge is 2.26. The van der Waals surface area contributed by atoms with E-state index in [4.69, 9.17) is 0 Å². The molecule has 0 spiro atoms. The Morgan fingerprint density at radius 3 is 2.43 bits per heavy atom. The minimum Gasteiger partial charge on any atom is -0.333 e. The van der Waals surface area contributed by atoms with E-state index in [1.807, 2.05) is 38.6 Å². The largest absolute Gasteiger partial charge is 0.333 e. The van der Waals surface area contributed by atoms with Crippen LogP contribution in [0.15, 0.2) is 22.4 Å². The molecule has 1 aromatic rings. The van der Waals surface area contributed by atoms with Gasteiger partial charge in [0, 0.05) is 19.4 Å². The number of aliphatic imine (C=N–C) groups is 2. The lowest BCUT2D eigenvalue weighted by Gasteiger charge is -2.07. The van der Waals surface area contributed by atoms with Crippen LogP contribution >= 0.6 is 0 Å². The van der Waals surface area contributed by atoms with Gasteiger partial charge >= 0.3 is 0 Å². The monoisotopic (exact) mass is 190 g/mol. The molecule has 0 radical (unpaired) electrons. The number of hydrogen-bond donors (Lipinski definition) is 0. The molecule has 4 heteroatoms. The molecule has 1 aliphatic heterocycles. The van der Waals surface area contributed by atoms with Crippen LogP contribution in [0.2, 0.25) is 0 Å². The van der Waals surface area contributed by atoms with Crippen molar-refractivity contribution in [1.29, 1.82) is 0 Å². The van der Waals surface area contributed by atoms with Gasteiger partial charge in [-0.1, -0.05) is 0 Å². The van der Waals surface area contributed by atoms with Crippen LogP contribution in [0.3, 0.4) is 0 Å². The summed E-state index contributed by atoms with van der Waals surface area (Å²) in [5.74, 6) is 0.886. The molecule has 2 heterocycles. The van der Waals surface area contributed by atoms with Crippen LogP contribution in [0.5, 0.6) is 0 Å². The van der Waals surface area contributed by atoms with Gasteiger partial charge in [-0.25, -0.2) is 4.98 Å². The highest BCUT2D eigenvalue weighted by molar-refractivity contribution is 6.47. The third-order valence-corrected chi connectivity index (χ3v) is 2.20. The summed E-state index contributed by atoms with van der Waals surface area (Å²) in [4.78, 5) is 13.3. The number of rotatable bonds is 1. The third-order valence-electron chi connectivity index (χ3n) is 2.20. The number of imidazole rings is 1. The molecule has 1 aromatic heterocycles. The van der Waals surface area contributed by atoms with E-state index in [2.05, 4.69) is 15.0 Å². The highest BCUT2D eigenvalue weighted by atomic mass is 15.2. The van der Waals surface area contributed by atoms with Crippen molar-refractivity contribution in [3.63, 3.8) is 0 Å². The maximum atomic E-state index is 4.53. The first-order valence-electron chi connectivity index (χ1n) is 4.64. The Bertz CT molecular complexity index is 423. The lowest BCUT2D eigenvalue weighted by molar-refractivity contribution is 0.566. The minimum atomic E-state index is -0.328. The molecule has 0 aromatic carbocycles. The smallest absolute Gasteiger partial charge is 0.159 e. The number of nitrogens with zero attached hydrogens (tertiary/aromatic N) is 4. The SMILES string of the molecule is CC1=NC(C)(C)N=C1c1nccn1C. The normalized spacial score (nSPS) is 19.4. The van der Waals surface area contributed by atoms with Crippen LogP contribution in [0.25, 0.3) is 0 Å². The quantitative estimate of drug-likeness (QED) is 0.660. The van der Waals surface area contributed by atoms with E-state index in [-0.39, 0.29) is 5.66 Å². The first kappa shape index (κ1) is 9.12. The van der Waals surface area contributed by atoms with Gasteiger partial charge in [-0.15, -0.1) is 0 Å². The number of hydrogen-bond acceptors (Lipinski definition) is 3. The van der Waals surface area contributed by atoms with E-state index in [0.29, 0.717) is 0 Å². The first-order valence-corrected chi connectivity index (χ1v) is 4.64. The van der Waals surface area contributed by atoms with Gasteiger partial charge in [-0.2, -0.15) is 0 Å². The predicted octanol–water partition coefficient (Wildman–Crippen LogP) is 1.42. The van der Waals surface area contributed by atoms with Crippen molar-refractivity contribution in [2.24, 2.45) is 17.0 Å². The van der Waals surface area contributed by atoms with Crippen LogP contribution in [-0.2, 0) is 7.05 Å². The van der Waals surface area contributed by atoms with Gasteiger partial charge in [-0.3, -0.25) is 9.98 Å². The second-order valence-corrected chi connectivity index (χ2v) is 4.01. The summed E-state index contributed by atoms with van der Waals surface area (Å²) in [6.45, 7) is 5.96. The summed E-state index contributed by atoms with van der Waals surface area (Å²) >= 11 is 0. The molecule has 14 heavy (non-hydrogen) atoms. The van der Waals surface area contributed by atoms with Crippen LogP contribution in [0, 0.1) is 0 Å². The number of aromatic nitrogens is 2. The van der Waals surface area contributed by atoms with Crippen molar-refractivity contribution in [3.05, 3.63) is 18.2 Å². The Morgan fingerprint density at radius 1 is 1.29 bits per heavy atom. The van der Waals surface area contributed by atoms with Crippen LogP contribution in [-0.4, -0.2) is 26.6 Å². The van der Waals surface area contributed by atoms with Crippen LogP contribution < -0.4 is 0 Å². The van der Waals surface area contributed by atoms with Crippen molar-refractivity contribution in [1.82, 2.24) is 9.55 Å². The summed E-state index contributed by atoms with van der Waals surface area (Å²) in [5, 5.41) is 0. The fourth-order valence-corrected chi connectivity index (χ4v) is 1.65. The molecule has 0 unspecified atom stereocenters. The zero-order chi connectivity index (χ0) is 10.3. The van der Waals surface area contributed by atoms with E-state index in [1.54, 1.807) is 6.20 Å². The fourth-order valence-electron chi connectivity index (χ4n) is 1.65. The maximum Gasteiger partial charge on any atom is 0.159 e. The lowest BCUT2D eigenvalue weighted by atomic mass is 10.2. The molecule has 4 nitrogen and oxygen atoms in total. The zero-order valence-electron chi connectivity index (χ0n) is 8.94. The average molecular weight is 190 g/mol. The highest BCUT2D eigenvalue weighted by Crippen LogP contribution is 2.20. The molecule has 1 aliphatic rings. The second-order valence-electron chi connectivity index (χ2n) is 4.01. The molecule has 0 saturated heterocycles. The average Bonchev–Trinajstić information content (AvgIpc) is 2.55. The van der Waals surface area contributed by atoms with Gasteiger partial charge in [0.2, 0.25) is 0 Å². The fraction of sp³-hybridized carbons (Fsp3) is 0.500. The molecule has 0 aliphatic carbocycles. The Labute approximate surface area is 83.4 Å². The summed E-state index contributed by atoms with van der Waals surface area (Å²) in [5.41, 5.74) is 1.54. The van der Waals surface area contributed by atoms with E-state index < -0.39 is 0 Å². The third kappa shape index (κ3) is 1.36. The lowest BCUT2D eigenvalue weighted by Crippen LogP contribution is -2.14. The number of aryl methyl sites for hydroxylation is 1. The van der Waals surface area contributed by atoms with Crippen molar-refractivity contribution in [2.45, 2.75) is 26.4 Å². The first-order chi connectivity index (χ1) is 6.49. The molecule has 0 saturated carbocycles. The Kier molecular flexibility index (Phi) is 1.80. The Morgan fingerprint density at radius 2 is 2.00 bits per heavy atom. The topological polar surface area (TPSA) is 42.5 Å². The molecular weight excluding hydrogens is 176 g/mol. The summed E-state index contributed by atoms with van der Waals surface area (Å²) in [7, 11) is 1.96. The van der Waals surface area contributed by atoms with Gasteiger partial charge in [0.1, 0.15) is 11.4 Å². The van der Waals surface area contributed by atoms with Gasteiger partial charge in [0.05, 0.1) is 5.71 Å². The molecule has 0 fully saturated rings. The molecule has 0 amide bonds. The van der Waals surface area contributed by atoms with Crippen LogP contribution in [0.4, 0.5) is 0 Å². The van der Waals surface area contributed by atoms with Crippen molar-refractivity contribution in [3.8, 4) is 0 Å². The van der Waals surface area contributed by atoms with E-state index in [1.165, 1.54) is 0 Å². The summed E-state index contributed by atoms with van der Waals surface area (Å²) in [6.07, 6.45) is 3.69. The summed E-state index contributed by atoms with van der Waals surface area (Å²) < 4.78 is 1.96. The summed E-state index contributed by atoms with van der Waals surface area (Å²) in [6, 6.07) is 0. The molecule has 0 bridgehead atoms. The van der Waals surface area contributed by atoms with Crippen molar-refractivity contribution >= 4 is 11.4 Å². The second kappa shape index (κ2) is 2.77. The minimum absolute atomic E-state index is 0.328. The van der Waals surface area contributed by atoms with Gasteiger partial charge in [-0.05, 0) is 20.8 Å². The molecule has 2 rings (SSSR count). The van der Waals surface area contributed by atoms with Crippen molar-refractivity contribution in [2.75, 3.05) is 0 Å². The van der Waals surface area contributed by atoms with E-state index in [9.17, 15) is 0 Å². The standard InChI is InChI=1S/C10H14N4/c1-7-8(13-10(2,3)12-7)9-11-5-6-14(9)4/h5-6H,1-4H3. The van der Waals surface area contributed by atoms with Gasteiger partial charge in [0.25, 0.3) is 0 Å². The predicted molar refractivity (Wildman–Crippen MR) is 56.9 cm³/mol. The zero-order valence-corrected chi connectivity index (χ0v) is 8.94. The van der Waals surface area contributed by atoms with Gasteiger partial charge in [0.15, 0.2) is 5.82 Å². The van der Waals surface area contributed by atoms with Crippen LogP contribution in [0.1, 0.15) is 26.6 Å². The molecule has 74 valence electrons. The van der Waals surface area contributed by atoms with Crippen molar-refractivity contribution < 1.29 is 0 Å². The Balaban J connectivity index is 2.49. The molecular formula is C10H14N4. The molecule has 0 atom stereocenters. The van der Waals surface area contributed by atoms with E-state index >= 15 is 0 Å². The molecule has 0 N–H and O–H groups in total. The maximum absolute atomic E-state index is 4.53. The Hall–Kier alpha value is -1.45. The van der Waals surface area contributed by atoms with E-state index in [0.717, 1.165) is 17.2 Å².